The number of aryl methyl sites for hydroxylation is 1. The zero-order valence-electron chi connectivity index (χ0n) is 13.7. The molecule has 0 aromatic heterocycles. The Hall–Kier alpha value is -1.16. The Morgan fingerprint density at radius 1 is 1.29 bits per heavy atom. The van der Waals surface area contributed by atoms with E-state index in [9.17, 15) is 4.79 Å². The number of carbonyl (C=O) groups excluding carboxylic acids is 1. The average Bonchev–Trinajstić information content (AvgIpc) is 2.40. The van der Waals surface area contributed by atoms with Gasteiger partial charge in [0.25, 0.3) is 5.91 Å². The average molecular weight is 309 g/mol. The van der Waals surface area contributed by atoms with E-state index >= 15 is 0 Å². The monoisotopic (exact) mass is 309 g/mol. The molecule has 1 aromatic rings. The molecule has 0 aliphatic heterocycles. The minimum atomic E-state index is -0.861. The van der Waals surface area contributed by atoms with Crippen molar-refractivity contribution in [3.63, 3.8) is 0 Å². The lowest BCUT2D eigenvalue weighted by molar-refractivity contribution is -0.134. The van der Waals surface area contributed by atoms with Gasteiger partial charge in [0.2, 0.25) is 0 Å². The van der Waals surface area contributed by atoms with Crippen LogP contribution in [0.3, 0.4) is 0 Å². The van der Waals surface area contributed by atoms with Gasteiger partial charge in [0.15, 0.2) is 5.60 Å². The van der Waals surface area contributed by atoms with Gasteiger partial charge in [0, 0.05) is 6.54 Å². The molecule has 0 saturated carbocycles. The van der Waals surface area contributed by atoms with Crippen molar-refractivity contribution in [3.05, 3.63) is 29.8 Å². The van der Waals surface area contributed by atoms with Crippen molar-refractivity contribution in [2.75, 3.05) is 12.3 Å². The first-order valence-corrected chi connectivity index (χ1v) is 8.52. The molecule has 1 aromatic carbocycles. The third-order valence-electron chi connectivity index (χ3n) is 3.00. The number of rotatable bonds is 8. The van der Waals surface area contributed by atoms with E-state index in [1.165, 1.54) is 5.56 Å². The minimum absolute atomic E-state index is 0.0716. The fourth-order valence-electron chi connectivity index (χ4n) is 1.75. The summed E-state index contributed by atoms with van der Waals surface area (Å²) in [5.41, 5.74) is 0.313. The van der Waals surface area contributed by atoms with E-state index in [0.717, 1.165) is 17.9 Å². The Morgan fingerprint density at radius 2 is 1.90 bits per heavy atom. The summed E-state index contributed by atoms with van der Waals surface area (Å²) < 4.78 is 5.80. The first kappa shape index (κ1) is 17.9. The maximum Gasteiger partial charge on any atom is 0.263 e. The third-order valence-corrected chi connectivity index (χ3v) is 4.19. The molecule has 0 unspecified atom stereocenters. The second-order valence-corrected chi connectivity index (χ2v) is 7.64. The summed E-state index contributed by atoms with van der Waals surface area (Å²) in [6.07, 6.45) is 0.981. The highest BCUT2D eigenvalue weighted by Crippen LogP contribution is 2.19. The van der Waals surface area contributed by atoms with Gasteiger partial charge in [-0.25, -0.2) is 0 Å². The quantitative estimate of drug-likeness (QED) is 0.742. The summed E-state index contributed by atoms with van der Waals surface area (Å²) in [5, 5.41) is 3.59. The van der Waals surface area contributed by atoms with Gasteiger partial charge < -0.3 is 10.1 Å². The van der Waals surface area contributed by atoms with Gasteiger partial charge in [0.05, 0.1) is 0 Å². The van der Waals surface area contributed by atoms with E-state index in [1.807, 2.05) is 43.0 Å². The first-order valence-electron chi connectivity index (χ1n) is 7.47. The number of thioether (sulfide) groups is 1. The molecule has 3 nitrogen and oxygen atoms in total. The van der Waals surface area contributed by atoms with Gasteiger partial charge in [-0.2, -0.15) is 11.8 Å². The number of nitrogens with one attached hydrogen (secondary N) is 1. The van der Waals surface area contributed by atoms with Crippen molar-refractivity contribution in [2.24, 2.45) is 0 Å². The van der Waals surface area contributed by atoms with Crippen molar-refractivity contribution in [1.29, 1.82) is 0 Å². The van der Waals surface area contributed by atoms with E-state index in [0.29, 0.717) is 11.8 Å². The van der Waals surface area contributed by atoms with Gasteiger partial charge in [-0.1, -0.05) is 31.5 Å². The van der Waals surface area contributed by atoms with Crippen LogP contribution in [0.1, 0.15) is 39.7 Å². The van der Waals surface area contributed by atoms with Gasteiger partial charge >= 0.3 is 0 Å². The molecule has 1 amide bonds. The molecule has 21 heavy (non-hydrogen) atoms. The summed E-state index contributed by atoms with van der Waals surface area (Å²) >= 11 is 1.91. The fourth-order valence-corrected chi connectivity index (χ4v) is 2.54. The van der Waals surface area contributed by atoms with Gasteiger partial charge in [0.1, 0.15) is 5.75 Å². The van der Waals surface area contributed by atoms with Crippen LogP contribution < -0.4 is 10.1 Å². The van der Waals surface area contributed by atoms with Crippen LogP contribution in [0.2, 0.25) is 0 Å². The molecule has 0 atom stereocenters. The predicted molar refractivity (Wildman–Crippen MR) is 91.1 cm³/mol. The maximum absolute atomic E-state index is 12.2. The lowest BCUT2D eigenvalue weighted by atomic mass is 10.1. The Labute approximate surface area is 132 Å². The third kappa shape index (κ3) is 6.89. The lowest BCUT2D eigenvalue weighted by Gasteiger charge is -2.25. The van der Waals surface area contributed by atoms with Crippen LogP contribution in [0.25, 0.3) is 0 Å². The number of hydrogen-bond donors (Lipinski definition) is 1. The van der Waals surface area contributed by atoms with Gasteiger partial charge in [-0.15, -0.1) is 0 Å². The van der Waals surface area contributed by atoms with Crippen molar-refractivity contribution in [3.8, 4) is 5.75 Å². The Balaban J connectivity index is 2.38. The number of benzene rings is 1. The molecule has 1 rings (SSSR count). The van der Waals surface area contributed by atoms with E-state index in [1.54, 1.807) is 13.8 Å². The van der Waals surface area contributed by atoms with E-state index in [-0.39, 0.29) is 5.91 Å². The van der Waals surface area contributed by atoms with Crippen molar-refractivity contribution < 1.29 is 9.53 Å². The number of carbonyl (C=O) groups is 1. The molecular weight excluding hydrogens is 282 g/mol. The highest BCUT2D eigenvalue weighted by molar-refractivity contribution is 7.99. The lowest BCUT2D eigenvalue weighted by Crippen LogP contribution is -2.46. The standard InChI is InChI=1S/C17H27NO2S/c1-13(2)21-12-6-11-18-16(19)17(4,5)20-15-9-7-14(3)8-10-15/h7-10,13H,6,11-12H2,1-5H3,(H,18,19). The topological polar surface area (TPSA) is 38.3 Å². The number of hydrogen-bond acceptors (Lipinski definition) is 3. The minimum Gasteiger partial charge on any atom is -0.478 e. The molecule has 0 spiro atoms. The highest BCUT2D eigenvalue weighted by Gasteiger charge is 2.29. The second-order valence-electron chi connectivity index (χ2n) is 5.95. The summed E-state index contributed by atoms with van der Waals surface area (Å²) in [6, 6.07) is 7.74. The Morgan fingerprint density at radius 3 is 2.48 bits per heavy atom. The van der Waals surface area contributed by atoms with E-state index in [4.69, 9.17) is 4.74 Å². The maximum atomic E-state index is 12.2. The second kappa shape index (κ2) is 8.32. The molecule has 1 N–H and O–H groups in total. The molecule has 0 saturated heterocycles. The van der Waals surface area contributed by atoms with Crippen LogP contribution >= 0.6 is 11.8 Å². The zero-order chi connectivity index (χ0) is 15.9. The molecule has 0 aliphatic carbocycles. The highest BCUT2D eigenvalue weighted by atomic mass is 32.2. The SMILES string of the molecule is Cc1ccc(OC(C)(C)C(=O)NCCCSC(C)C)cc1. The van der Waals surface area contributed by atoms with Gasteiger partial charge in [-0.3, -0.25) is 4.79 Å². The van der Waals surface area contributed by atoms with Crippen LogP contribution in [0.4, 0.5) is 0 Å². The van der Waals surface area contributed by atoms with Gasteiger partial charge in [-0.05, 0) is 50.3 Å². The molecule has 0 bridgehead atoms. The zero-order valence-corrected chi connectivity index (χ0v) is 14.5. The number of amides is 1. The fraction of sp³-hybridized carbons (Fsp3) is 0.588. The van der Waals surface area contributed by atoms with Crippen molar-refractivity contribution in [2.45, 2.75) is 51.9 Å². The van der Waals surface area contributed by atoms with Crippen LogP contribution in [0.15, 0.2) is 24.3 Å². The van der Waals surface area contributed by atoms with Crippen LogP contribution in [-0.2, 0) is 4.79 Å². The summed E-state index contributed by atoms with van der Waals surface area (Å²) in [4.78, 5) is 12.2. The predicted octanol–water partition coefficient (Wildman–Crippen LogP) is 3.80. The normalized spacial score (nSPS) is 11.5. The Kier molecular flexibility index (Phi) is 7.09. The summed E-state index contributed by atoms with van der Waals surface area (Å²) in [5.74, 6) is 1.71. The molecular formula is C17H27NO2S. The molecule has 0 radical (unpaired) electrons. The van der Waals surface area contributed by atoms with Crippen LogP contribution in [0.5, 0.6) is 5.75 Å². The smallest absolute Gasteiger partial charge is 0.263 e. The Bertz CT molecular complexity index is 441. The van der Waals surface area contributed by atoms with Crippen LogP contribution in [-0.4, -0.2) is 29.1 Å². The summed E-state index contributed by atoms with van der Waals surface area (Å²) in [7, 11) is 0. The van der Waals surface area contributed by atoms with Crippen molar-refractivity contribution >= 4 is 17.7 Å². The molecule has 4 heteroatoms. The van der Waals surface area contributed by atoms with E-state index in [2.05, 4.69) is 19.2 Å². The first-order chi connectivity index (χ1) is 9.81. The molecule has 0 fully saturated rings. The van der Waals surface area contributed by atoms with Crippen molar-refractivity contribution in [1.82, 2.24) is 5.32 Å². The van der Waals surface area contributed by atoms with E-state index < -0.39 is 5.60 Å². The molecule has 118 valence electrons. The molecule has 0 aliphatic rings. The number of ether oxygens (including phenoxy) is 1. The molecule has 0 heterocycles. The van der Waals surface area contributed by atoms with Crippen LogP contribution in [0, 0.1) is 6.92 Å². The summed E-state index contributed by atoms with van der Waals surface area (Å²) in [6.45, 7) is 10.7. The largest absolute Gasteiger partial charge is 0.478 e.